The first-order chi connectivity index (χ1) is 9.09. The predicted molar refractivity (Wildman–Crippen MR) is 73.1 cm³/mol. The zero-order valence-electron chi connectivity index (χ0n) is 10.5. The van der Waals surface area contributed by atoms with Gasteiger partial charge in [0.25, 0.3) is 0 Å². The van der Waals surface area contributed by atoms with E-state index < -0.39 is 16.0 Å². The quantitative estimate of drug-likeness (QED) is 0.828. The van der Waals surface area contributed by atoms with Crippen molar-refractivity contribution in [1.82, 2.24) is 0 Å². The lowest BCUT2D eigenvalue weighted by Gasteiger charge is -2.13. The van der Waals surface area contributed by atoms with Crippen LogP contribution in [0.3, 0.4) is 0 Å². The normalized spacial score (nSPS) is 14.1. The second-order valence-corrected chi connectivity index (χ2v) is 6.04. The minimum atomic E-state index is -1.37. The van der Waals surface area contributed by atoms with Gasteiger partial charge < -0.3 is 0 Å². The molecule has 0 unspecified atom stereocenters. The van der Waals surface area contributed by atoms with Gasteiger partial charge in [0.15, 0.2) is 0 Å². The molecule has 0 spiro atoms. The second-order valence-electron chi connectivity index (χ2n) is 4.28. The largest absolute Gasteiger partial charge is 0.259 e. The molecule has 4 heteroatoms. The molecular formula is C15H14F2OS. The van der Waals surface area contributed by atoms with E-state index in [9.17, 15) is 13.0 Å². The van der Waals surface area contributed by atoms with Gasteiger partial charge in [-0.15, -0.1) is 0 Å². The highest BCUT2D eigenvalue weighted by atomic mass is 32.2. The van der Waals surface area contributed by atoms with Crippen LogP contribution in [0.2, 0.25) is 0 Å². The number of benzene rings is 2. The van der Waals surface area contributed by atoms with Crippen LogP contribution in [-0.2, 0) is 16.6 Å². The molecule has 0 aliphatic heterocycles. The molecule has 2 aromatic rings. The second kappa shape index (κ2) is 6.06. The summed E-state index contributed by atoms with van der Waals surface area (Å²) in [6.07, 6.45) is 0. The third-order valence-corrected chi connectivity index (χ3v) is 4.63. The number of hydrogen-bond acceptors (Lipinski definition) is 1. The third kappa shape index (κ3) is 3.26. The molecule has 19 heavy (non-hydrogen) atoms. The Hall–Kier alpha value is -1.55. The van der Waals surface area contributed by atoms with Crippen LogP contribution in [0.1, 0.15) is 23.3 Å². The van der Waals surface area contributed by atoms with Gasteiger partial charge in [0.1, 0.15) is 11.6 Å². The highest BCUT2D eigenvalue weighted by Crippen LogP contribution is 2.24. The lowest BCUT2D eigenvalue weighted by molar-refractivity contribution is 0.604. The van der Waals surface area contributed by atoms with Gasteiger partial charge in [-0.3, -0.25) is 4.21 Å². The Morgan fingerprint density at radius 1 is 1.00 bits per heavy atom. The molecule has 100 valence electrons. The van der Waals surface area contributed by atoms with Crippen LogP contribution in [-0.4, -0.2) is 4.21 Å². The van der Waals surface area contributed by atoms with Gasteiger partial charge in [0, 0.05) is 21.9 Å². The van der Waals surface area contributed by atoms with Crippen molar-refractivity contribution in [3.05, 3.63) is 71.3 Å². The molecule has 0 amide bonds. The van der Waals surface area contributed by atoms with E-state index in [1.165, 1.54) is 12.1 Å². The van der Waals surface area contributed by atoms with Crippen molar-refractivity contribution in [2.45, 2.75) is 17.9 Å². The summed E-state index contributed by atoms with van der Waals surface area (Å²) in [7, 11) is -1.37. The minimum absolute atomic E-state index is 0.0855. The van der Waals surface area contributed by atoms with E-state index in [0.29, 0.717) is 11.1 Å². The van der Waals surface area contributed by atoms with Crippen molar-refractivity contribution >= 4 is 10.8 Å². The highest BCUT2D eigenvalue weighted by molar-refractivity contribution is 7.84. The summed E-state index contributed by atoms with van der Waals surface area (Å²) in [6.45, 7) is 1.69. The number of rotatable bonds is 4. The zero-order valence-corrected chi connectivity index (χ0v) is 11.3. The Morgan fingerprint density at radius 2 is 1.58 bits per heavy atom. The molecule has 0 aromatic heterocycles. The molecule has 2 rings (SSSR count). The van der Waals surface area contributed by atoms with Crippen molar-refractivity contribution in [2.24, 2.45) is 0 Å². The van der Waals surface area contributed by atoms with Crippen molar-refractivity contribution in [3.63, 3.8) is 0 Å². The van der Waals surface area contributed by atoms with Gasteiger partial charge in [-0.1, -0.05) is 36.4 Å². The van der Waals surface area contributed by atoms with Crippen LogP contribution >= 0.6 is 0 Å². The smallest absolute Gasteiger partial charge is 0.127 e. The molecule has 0 aliphatic carbocycles. The Morgan fingerprint density at radius 3 is 2.21 bits per heavy atom. The number of halogens is 2. The first-order valence-electron chi connectivity index (χ1n) is 5.94. The molecule has 0 bridgehead atoms. The Labute approximate surface area is 113 Å². The fourth-order valence-electron chi connectivity index (χ4n) is 1.84. The van der Waals surface area contributed by atoms with Crippen LogP contribution in [0.15, 0.2) is 48.5 Å². The summed E-state index contributed by atoms with van der Waals surface area (Å²) in [6, 6.07) is 12.5. The van der Waals surface area contributed by atoms with E-state index in [-0.39, 0.29) is 17.4 Å². The predicted octanol–water partition coefficient (Wildman–Crippen LogP) is 3.97. The fraction of sp³-hybridized carbons (Fsp3) is 0.200. The molecule has 0 heterocycles. The van der Waals surface area contributed by atoms with Gasteiger partial charge in [-0.25, -0.2) is 8.78 Å². The summed E-state index contributed by atoms with van der Waals surface area (Å²) in [5.41, 5.74) is 0.793. The topological polar surface area (TPSA) is 17.1 Å². The van der Waals surface area contributed by atoms with Crippen LogP contribution in [0.4, 0.5) is 8.78 Å². The van der Waals surface area contributed by atoms with Gasteiger partial charge in [0.2, 0.25) is 0 Å². The van der Waals surface area contributed by atoms with Crippen molar-refractivity contribution in [2.75, 3.05) is 0 Å². The maximum atomic E-state index is 13.6. The van der Waals surface area contributed by atoms with Crippen LogP contribution in [0.25, 0.3) is 0 Å². The third-order valence-electron chi connectivity index (χ3n) is 2.99. The van der Waals surface area contributed by atoms with Gasteiger partial charge in [-0.2, -0.15) is 0 Å². The van der Waals surface area contributed by atoms with Crippen molar-refractivity contribution in [1.29, 1.82) is 0 Å². The fourth-order valence-corrected chi connectivity index (χ4v) is 3.11. The maximum Gasteiger partial charge on any atom is 0.127 e. The summed E-state index contributed by atoms with van der Waals surface area (Å²) < 4.78 is 39.3. The first kappa shape index (κ1) is 13.9. The van der Waals surface area contributed by atoms with Gasteiger partial charge >= 0.3 is 0 Å². The molecule has 2 atom stereocenters. The Bertz CT molecular complexity index is 598. The molecule has 0 saturated heterocycles. The minimum Gasteiger partial charge on any atom is -0.259 e. The van der Waals surface area contributed by atoms with E-state index in [1.807, 2.05) is 0 Å². The standard InChI is InChI=1S/C15H14F2OS/c1-11(13-7-3-5-9-15(13)17)19(18)10-12-6-2-4-8-14(12)16/h2-9,11H,10H2,1H3/t11-,19-/m0/s1. The first-order valence-corrected chi connectivity index (χ1v) is 7.33. The van der Waals surface area contributed by atoms with E-state index in [0.717, 1.165) is 0 Å². The molecule has 0 N–H and O–H groups in total. The Kier molecular flexibility index (Phi) is 4.43. The average Bonchev–Trinajstić information content (AvgIpc) is 2.41. The SMILES string of the molecule is C[C@@H](c1ccccc1F)[S@@](=O)Cc1ccccc1F. The molecule has 2 aromatic carbocycles. The molecule has 1 nitrogen and oxygen atoms in total. The maximum absolute atomic E-state index is 13.6. The average molecular weight is 280 g/mol. The summed E-state index contributed by atoms with van der Waals surface area (Å²) in [5, 5.41) is -0.471. The highest BCUT2D eigenvalue weighted by Gasteiger charge is 2.18. The van der Waals surface area contributed by atoms with Crippen molar-refractivity contribution < 1.29 is 13.0 Å². The molecular weight excluding hydrogens is 266 g/mol. The zero-order chi connectivity index (χ0) is 13.8. The summed E-state index contributed by atoms with van der Waals surface area (Å²) >= 11 is 0. The molecule has 0 aliphatic rings. The molecule has 0 fully saturated rings. The van der Waals surface area contributed by atoms with E-state index in [2.05, 4.69) is 0 Å². The monoisotopic (exact) mass is 280 g/mol. The Balaban J connectivity index is 2.17. The summed E-state index contributed by atoms with van der Waals surface area (Å²) in [4.78, 5) is 0. The molecule has 0 radical (unpaired) electrons. The van der Waals surface area contributed by atoms with Crippen LogP contribution in [0, 0.1) is 11.6 Å². The van der Waals surface area contributed by atoms with Gasteiger partial charge in [-0.05, 0) is 19.1 Å². The number of hydrogen-bond donors (Lipinski definition) is 0. The van der Waals surface area contributed by atoms with Crippen LogP contribution in [0.5, 0.6) is 0 Å². The molecule has 0 saturated carbocycles. The van der Waals surface area contributed by atoms with Crippen molar-refractivity contribution in [3.8, 4) is 0 Å². The summed E-state index contributed by atoms with van der Waals surface area (Å²) in [5.74, 6) is -0.671. The van der Waals surface area contributed by atoms with E-state index in [4.69, 9.17) is 0 Å². The lowest BCUT2D eigenvalue weighted by Crippen LogP contribution is -2.08. The lowest BCUT2D eigenvalue weighted by atomic mass is 10.1. The van der Waals surface area contributed by atoms with E-state index >= 15 is 0 Å². The van der Waals surface area contributed by atoms with Gasteiger partial charge in [0.05, 0.1) is 11.0 Å². The van der Waals surface area contributed by atoms with Crippen LogP contribution < -0.4 is 0 Å². The van der Waals surface area contributed by atoms with E-state index in [1.54, 1.807) is 43.3 Å².